The Labute approximate surface area is 91.8 Å². The third-order valence-corrected chi connectivity index (χ3v) is 3.51. The summed E-state index contributed by atoms with van der Waals surface area (Å²) >= 11 is 6.44. The largest absolute Gasteiger partial charge is 0.480 e. The third-order valence-electron chi connectivity index (χ3n) is 1.73. The molecule has 0 bridgehead atoms. The summed E-state index contributed by atoms with van der Waals surface area (Å²) in [7, 11) is 0. The van der Waals surface area contributed by atoms with Gasteiger partial charge in [0.15, 0.2) is 5.54 Å². The van der Waals surface area contributed by atoms with Crippen LogP contribution in [0.25, 0.3) is 0 Å². The highest BCUT2D eigenvalue weighted by Gasteiger charge is 2.32. The van der Waals surface area contributed by atoms with Crippen LogP contribution in [-0.2, 0) is 10.3 Å². The number of nitrogens with one attached hydrogen (secondary N) is 1. The molecule has 0 aliphatic heterocycles. The van der Waals surface area contributed by atoms with Crippen molar-refractivity contribution in [2.75, 3.05) is 0 Å². The number of aromatic amines is 1. The molecule has 0 spiro atoms. The molecule has 1 rings (SSSR count). The zero-order valence-corrected chi connectivity index (χ0v) is 9.94. The number of rotatable bonds is 2. The van der Waals surface area contributed by atoms with Gasteiger partial charge in [-0.05, 0) is 44.8 Å². The first-order chi connectivity index (χ1) is 5.85. The summed E-state index contributed by atoms with van der Waals surface area (Å²) in [5.41, 5.74) is 4.64. The number of carboxylic acid groups (broad SMARTS) is 1. The molecule has 4 N–H and O–H groups in total. The fraction of sp³-hybridized carbons (Fsp3) is 0.286. The summed E-state index contributed by atoms with van der Waals surface area (Å²) in [5, 5.41) is 8.82. The molecular formula is C7H8Br2N2O2. The van der Waals surface area contributed by atoms with E-state index >= 15 is 0 Å². The van der Waals surface area contributed by atoms with Crippen LogP contribution >= 0.6 is 31.9 Å². The number of nitrogens with two attached hydrogens (primary N) is 1. The Hall–Kier alpha value is -0.330. The Kier molecular flexibility index (Phi) is 2.84. The van der Waals surface area contributed by atoms with Crippen molar-refractivity contribution in [1.29, 1.82) is 0 Å². The summed E-state index contributed by atoms with van der Waals surface area (Å²) < 4.78 is 1.43. The number of hydrogen-bond donors (Lipinski definition) is 3. The third kappa shape index (κ3) is 1.95. The first-order valence-electron chi connectivity index (χ1n) is 3.42. The van der Waals surface area contributed by atoms with Gasteiger partial charge < -0.3 is 15.8 Å². The van der Waals surface area contributed by atoms with E-state index in [1.807, 2.05) is 0 Å². The fourth-order valence-electron chi connectivity index (χ4n) is 0.799. The molecule has 13 heavy (non-hydrogen) atoms. The zero-order valence-electron chi connectivity index (χ0n) is 6.77. The number of carbonyl (C=O) groups is 1. The topological polar surface area (TPSA) is 79.1 Å². The lowest BCUT2D eigenvalue weighted by Gasteiger charge is -2.16. The molecule has 1 aromatic heterocycles. The highest BCUT2D eigenvalue weighted by atomic mass is 79.9. The van der Waals surface area contributed by atoms with Crippen LogP contribution < -0.4 is 5.73 Å². The number of aromatic nitrogens is 1. The molecule has 0 saturated heterocycles. The minimum absolute atomic E-state index is 0.443. The first-order valence-corrected chi connectivity index (χ1v) is 5.01. The Morgan fingerprint density at radius 1 is 1.69 bits per heavy atom. The van der Waals surface area contributed by atoms with Gasteiger partial charge in [-0.25, -0.2) is 4.79 Å². The van der Waals surface area contributed by atoms with Crippen LogP contribution in [0.15, 0.2) is 15.1 Å². The van der Waals surface area contributed by atoms with Gasteiger partial charge in [0.05, 0.1) is 9.08 Å². The molecule has 1 heterocycles. The van der Waals surface area contributed by atoms with Crippen molar-refractivity contribution in [3.63, 3.8) is 0 Å². The van der Waals surface area contributed by atoms with Gasteiger partial charge in [0.2, 0.25) is 0 Å². The van der Waals surface area contributed by atoms with Gasteiger partial charge in [0, 0.05) is 5.69 Å². The number of halogens is 2. The molecule has 0 radical (unpaired) electrons. The lowest BCUT2D eigenvalue weighted by molar-refractivity contribution is -0.143. The van der Waals surface area contributed by atoms with Crippen molar-refractivity contribution < 1.29 is 9.90 Å². The van der Waals surface area contributed by atoms with Crippen molar-refractivity contribution in [2.24, 2.45) is 5.73 Å². The van der Waals surface area contributed by atoms with Gasteiger partial charge in [-0.2, -0.15) is 0 Å². The van der Waals surface area contributed by atoms with Crippen LogP contribution in [0.3, 0.4) is 0 Å². The van der Waals surface area contributed by atoms with Crippen LogP contribution in [0.5, 0.6) is 0 Å². The van der Waals surface area contributed by atoms with E-state index in [4.69, 9.17) is 10.8 Å². The second-order valence-corrected chi connectivity index (χ2v) is 4.50. The molecule has 0 aliphatic carbocycles. The zero-order chi connectivity index (χ0) is 10.2. The fourth-order valence-corrected chi connectivity index (χ4v) is 1.46. The minimum Gasteiger partial charge on any atom is -0.480 e. The Balaban J connectivity index is 3.15. The predicted molar refractivity (Wildman–Crippen MR) is 55.4 cm³/mol. The average Bonchev–Trinajstić information content (AvgIpc) is 2.32. The summed E-state index contributed by atoms with van der Waals surface area (Å²) in [6.45, 7) is 1.43. The van der Waals surface area contributed by atoms with Gasteiger partial charge >= 0.3 is 5.97 Å². The molecule has 0 amide bonds. The van der Waals surface area contributed by atoms with Crippen LogP contribution in [0.2, 0.25) is 0 Å². The maximum atomic E-state index is 10.8. The lowest BCUT2D eigenvalue weighted by atomic mass is 10.0. The quantitative estimate of drug-likeness (QED) is 0.779. The minimum atomic E-state index is -1.39. The van der Waals surface area contributed by atoms with E-state index in [1.54, 1.807) is 6.07 Å². The maximum absolute atomic E-state index is 10.8. The number of H-pyrrole nitrogens is 1. The molecular weight excluding hydrogens is 304 g/mol. The van der Waals surface area contributed by atoms with Gasteiger partial charge in [-0.15, -0.1) is 0 Å². The molecule has 0 fully saturated rings. The molecule has 0 saturated carbocycles. The highest BCUT2D eigenvalue weighted by Crippen LogP contribution is 2.27. The molecule has 1 aromatic rings. The number of hydrogen-bond acceptors (Lipinski definition) is 2. The molecule has 0 unspecified atom stereocenters. The van der Waals surface area contributed by atoms with E-state index in [-0.39, 0.29) is 0 Å². The normalized spacial score (nSPS) is 15.4. The van der Waals surface area contributed by atoms with Crippen molar-refractivity contribution in [2.45, 2.75) is 12.5 Å². The maximum Gasteiger partial charge on any atom is 0.329 e. The highest BCUT2D eigenvalue weighted by molar-refractivity contribution is 9.13. The summed E-state index contributed by atoms with van der Waals surface area (Å²) in [4.78, 5) is 13.6. The monoisotopic (exact) mass is 310 g/mol. The summed E-state index contributed by atoms with van der Waals surface area (Å²) in [6.07, 6.45) is 0. The smallest absolute Gasteiger partial charge is 0.329 e. The van der Waals surface area contributed by atoms with Gasteiger partial charge in [0.25, 0.3) is 0 Å². The molecule has 0 aliphatic rings. The van der Waals surface area contributed by atoms with Crippen LogP contribution in [-0.4, -0.2) is 16.1 Å². The SMILES string of the molecule is C[C@@](N)(C(=O)O)c1cc(Br)c(Br)[nH]1. The standard InChI is InChI=1S/C7H8Br2N2O2/c1-7(10,6(12)13)4-2-3(8)5(9)11-4/h2,11H,10H2,1H3,(H,12,13)/t7-/m0/s1. The van der Waals surface area contributed by atoms with Crippen molar-refractivity contribution in [3.05, 3.63) is 20.8 Å². The second-order valence-electron chi connectivity index (χ2n) is 2.85. The van der Waals surface area contributed by atoms with Gasteiger partial charge in [0.1, 0.15) is 0 Å². The molecule has 4 nitrogen and oxygen atoms in total. The predicted octanol–water partition coefficient (Wildman–Crippen LogP) is 1.80. The van der Waals surface area contributed by atoms with E-state index in [2.05, 4.69) is 36.8 Å². The van der Waals surface area contributed by atoms with Crippen molar-refractivity contribution in [3.8, 4) is 0 Å². The first kappa shape index (κ1) is 10.7. The van der Waals surface area contributed by atoms with Gasteiger partial charge in [-0.1, -0.05) is 0 Å². The van der Waals surface area contributed by atoms with Crippen LogP contribution in [0, 0.1) is 0 Å². The Morgan fingerprint density at radius 3 is 2.54 bits per heavy atom. The molecule has 1 atom stereocenters. The second kappa shape index (κ2) is 3.43. The van der Waals surface area contributed by atoms with E-state index in [0.717, 1.165) is 4.47 Å². The van der Waals surface area contributed by atoms with Crippen LogP contribution in [0.4, 0.5) is 0 Å². The summed E-state index contributed by atoms with van der Waals surface area (Å²) in [5.74, 6) is -1.08. The molecule has 6 heteroatoms. The van der Waals surface area contributed by atoms with Crippen molar-refractivity contribution >= 4 is 37.8 Å². The van der Waals surface area contributed by atoms with Crippen LogP contribution in [0.1, 0.15) is 12.6 Å². The van der Waals surface area contributed by atoms with E-state index < -0.39 is 11.5 Å². The number of aliphatic carboxylic acids is 1. The van der Waals surface area contributed by atoms with Gasteiger partial charge in [-0.3, -0.25) is 0 Å². The van der Waals surface area contributed by atoms with E-state index in [9.17, 15) is 4.79 Å². The van der Waals surface area contributed by atoms with E-state index in [0.29, 0.717) is 10.3 Å². The molecule has 0 aromatic carbocycles. The van der Waals surface area contributed by atoms with E-state index in [1.165, 1.54) is 6.92 Å². The number of carboxylic acids is 1. The Morgan fingerprint density at radius 2 is 2.23 bits per heavy atom. The average molecular weight is 312 g/mol. The molecule has 72 valence electrons. The lowest BCUT2D eigenvalue weighted by Crippen LogP contribution is -2.42. The van der Waals surface area contributed by atoms with Crippen molar-refractivity contribution in [1.82, 2.24) is 4.98 Å². The summed E-state index contributed by atoms with van der Waals surface area (Å²) in [6, 6.07) is 1.64. The Bertz CT molecular complexity index is 327.